The van der Waals surface area contributed by atoms with Crippen LogP contribution in [0.1, 0.15) is 12.6 Å². The van der Waals surface area contributed by atoms with Crippen LogP contribution in [0.2, 0.25) is 0 Å². The third-order valence-electron chi connectivity index (χ3n) is 2.57. The molecule has 1 aromatic carbocycles. The summed E-state index contributed by atoms with van der Waals surface area (Å²) in [5.41, 5.74) is 0.0231. The minimum absolute atomic E-state index is 0. The fraction of sp³-hybridized carbons (Fsp3) is 0.250. The molecule has 0 N–H and O–H groups in total. The zero-order chi connectivity index (χ0) is 13.4. The van der Waals surface area contributed by atoms with Gasteiger partial charge >= 0.3 is 57.5 Å². The molecular weight excluding hydrogens is 283 g/mol. The van der Waals surface area contributed by atoms with Crippen LogP contribution in [0.15, 0.2) is 12.1 Å². The topological polar surface area (TPSA) is 54.3 Å². The minimum atomic E-state index is -1.07. The maximum Gasteiger partial charge on any atom is 1.00 e. The van der Waals surface area contributed by atoms with E-state index in [1.54, 1.807) is 6.92 Å². The number of carbonyl (C=O) groups excluding carboxylic acids is 1. The van der Waals surface area contributed by atoms with E-state index in [-0.39, 0.29) is 68.9 Å². The number of rotatable bonds is 1. The largest absolute Gasteiger partial charge is 1.00 e. The molecule has 96 valence electrons. The van der Waals surface area contributed by atoms with Gasteiger partial charge in [0.15, 0.2) is 0 Å². The molecule has 2 rings (SSSR count). The fourth-order valence-corrected chi connectivity index (χ4v) is 1.84. The Morgan fingerprint density at radius 3 is 2.63 bits per heavy atom. The first-order chi connectivity index (χ1) is 8.47. The zero-order valence-electron chi connectivity index (χ0n) is 10.8. The Morgan fingerprint density at radius 1 is 1.42 bits per heavy atom. The molecule has 2 aromatic rings. The van der Waals surface area contributed by atoms with Crippen molar-refractivity contribution in [3.63, 3.8) is 0 Å². The van der Waals surface area contributed by atoms with Crippen molar-refractivity contribution in [3.05, 3.63) is 29.5 Å². The number of halogens is 2. The first kappa shape index (κ1) is 16.6. The molecule has 0 atom stereocenters. The maximum absolute atomic E-state index is 13.7. The molecule has 0 saturated heterocycles. The van der Waals surface area contributed by atoms with Crippen LogP contribution in [0.5, 0.6) is 5.75 Å². The van der Waals surface area contributed by atoms with Gasteiger partial charge in [0.05, 0.1) is 12.1 Å². The molecule has 19 heavy (non-hydrogen) atoms. The van der Waals surface area contributed by atoms with E-state index in [4.69, 9.17) is 4.74 Å². The van der Waals surface area contributed by atoms with Crippen molar-refractivity contribution < 1.29 is 74.8 Å². The van der Waals surface area contributed by atoms with Gasteiger partial charge in [0.2, 0.25) is 0 Å². The Bertz CT molecular complexity index is 640. The van der Waals surface area contributed by atoms with E-state index in [9.17, 15) is 18.7 Å². The average Bonchev–Trinajstić information content (AvgIpc) is 2.64. The number of benzene rings is 1. The number of carbonyl (C=O) groups is 1. The normalized spacial score (nSPS) is 10.3. The third kappa shape index (κ3) is 2.85. The number of aromatic nitrogens is 1. The molecule has 1 aromatic heterocycles. The Labute approximate surface area is 150 Å². The van der Waals surface area contributed by atoms with Crippen molar-refractivity contribution in [2.45, 2.75) is 13.8 Å². The number of hydrogen-bond donors (Lipinski definition) is 0. The van der Waals surface area contributed by atoms with E-state index in [2.05, 4.69) is 0 Å². The second kappa shape index (κ2) is 6.32. The van der Waals surface area contributed by atoms with E-state index in [0.29, 0.717) is 11.8 Å². The summed E-state index contributed by atoms with van der Waals surface area (Å²) < 4.78 is 33.0. The van der Waals surface area contributed by atoms with Gasteiger partial charge in [-0.25, -0.2) is 18.1 Å². The molecule has 4 nitrogen and oxygen atoms in total. The monoisotopic (exact) mass is 293 g/mol. The molecular formula is C12H10F2KNO3. The molecule has 1 heterocycles. The first-order valence-electron chi connectivity index (χ1n) is 5.31. The van der Waals surface area contributed by atoms with Crippen molar-refractivity contribution >= 4 is 17.0 Å². The summed E-state index contributed by atoms with van der Waals surface area (Å²) in [5.74, 6) is -3.06. The Hall–Kier alpha value is -0.474. The molecule has 0 radical (unpaired) electrons. The van der Waals surface area contributed by atoms with Crippen molar-refractivity contribution in [2.24, 2.45) is 0 Å². The van der Waals surface area contributed by atoms with Crippen LogP contribution in [0.25, 0.3) is 10.9 Å². The molecule has 0 bridgehead atoms. The average molecular weight is 293 g/mol. The summed E-state index contributed by atoms with van der Waals surface area (Å²) in [4.78, 5) is 11.7. The molecule has 0 saturated carbocycles. The molecule has 0 aliphatic heterocycles. The van der Waals surface area contributed by atoms with Crippen LogP contribution in [-0.4, -0.2) is 17.3 Å². The van der Waals surface area contributed by atoms with Gasteiger partial charge in [0.25, 0.3) is 0 Å². The quantitative estimate of drug-likeness (QED) is 0.654. The van der Waals surface area contributed by atoms with Crippen LogP contribution in [0.4, 0.5) is 13.6 Å². The predicted molar refractivity (Wildman–Crippen MR) is 58.5 cm³/mol. The maximum atomic E-state index is 13.7. The van der Waals surface area contributed by atoms with Gasteiger partial charge in [-0.3, -0.25) is 0 Å². The van der Waals surface area contributed by atoms with E-state index in [1.165, 1.54) is 13.0 Å². The molecule has 0 unspecified atom stereocenters. The molecule has 0 amide bonds. The molecule has 0 fully saturated rings. The van der Waals surface area contributed by atoms with Gasteiger partial charge in [0, 0.05) is 11.1 Å². The Kier molecular flexibility index (Phi) is 5.51. The van der Waals surface area contributed by atoms with Gasteiger partial charge in [-0.1, -0.05) is 5.75 Å². The minimum Gasteiger partial charge on any atom is -0.870 e. The van der Waals surface area contributed by atoms with Crippen molar-refractivity contribution in [1.29, 1.82) is 0 Å². The molecule has 0 aliphatic carbocycles. The summed E-state index contributed by atoms with van der Waals surface area (Å²) in [6.45, 7) is 3.22. The number of ether oxygens (including phenoxy) is 1. The second-order valence-electron chi connectivity index (χ2n) is 3.75. The SMILES string of the molecule is CCOC(=O)n1c(C)cc2c(F)c([O-])cc(F)c21.[K+]. The smallest absolute Gasteiger partial charge is 0.870 e. The van der Waals surface area contributed by atoms with E-state index < -0.39 is 23.5 Å². The summed E-state index contributed by atoms with van der Waals surface area (Å²) in [7, 11) is 0. The Morgan fingerprint density at radius 2 is 2.05 bits per heavy atom. The van der Waals surface area contributed by atoms with Crippen LogP contribution in [-0.2, 0) is 4.74 Å². The van der Waals surface area contributed by atoms with Crippen LogP contribution >= 0.6 is 0 Å². The van der Waals surface area contributed by atoms with Crippen molar-refractivity contribution in [3.8, 4) is 5.75 Å². The summed E-state index contributed by atoms with van der Waals surface area (Å²) in [6.07, 6.45) is -0.804. The van der Waals surface area contributed by atoms with Crippen molar-refractivity contribution in [2.75, 3.05) is 6.61 Å². The number of hydrogen-bond acceptors (Lipinski definition) is 3. The fourth-order valence-electron chi connectivity index (χ4n) is 1.84. The standard InChI is InChI=1S/C12H11F2NO3.K/c1-3-18-12(17)15-6(2)4-7-10(14)9(16)5-8(13)11(7)15;/h4-5,16H,3H2,1-2H3;/q;+1/p-1. The zero-order valence-corrected chi connectivity index (χ0v) is 13.9. The van der Waals surface area contributed by atoms with Crippen molar-refractivity contribution in [1.82, 2.24) is 4.57 Å². The molecule has 7 heteroatoms. The second-order valence-corrected chi connectivity index (χ2v) is 3.75. The van der Waals surface area contributed by atoms with Crippen LogP contribution in [0.3, 0.4) is 0 Å². The predicted octanol–water partition coefficient (Wildman–Crippen LogP) is -0.690. The third-order valence-corrected chi connectivity index (χ3v) is 2.57. The number of nitrogens with zero attached hydrogens (tertiary/aromatic N) is 1. The van der Waals surface area contributed by atoms with Crippen LogP contribution in [0, 0.1) is 18.6 Å². The number of fused-ring (bicyclic) bond motifs is 1. The number of aryl methyl sites for hydroxylation is 1. The van der Waals surface area contributed by atoms with E-state index in [1.807, 2.05) is 0 Å². The Balaban J connectivity index is 0.00000180. The van der Waals surface area contributed by atoms with Gasteiger partial charge in [-0.2, -0.15) is 0 Å². The van der Waals surface area contributed by atoms with E-state index in [0.717, 1.165) is 4.57 Å². The summed E-state index contributed by atoms with van der Waals surface area (Å²) in [5, 5.41) is 10.9. The molecule has 0 aliphatic rings. The van der Waals surface area contributed by atoms with Gasteiger partial charge in [-0.15, -0.1) is 0 Å². The molecule has 0 spiro atoms. The summed E-state index contributed by atoms with van der Waals surface area (Å²) >= 11 is 0. The van der Waals surface area contributed by atoms with Crippen LogP contribution < -0.4 is 56.5 Å². The summed E-state index contributed by atoms with van der Waals surface area (Å²) in [6, 6.07) is 1.76. The first-order valence-corrected chi connectivity index (χ1v) is 5.31. The van der Waals surface area contributed by atoms with Gasteiger partial charge < -0.3 is 9.84 Å². The van der Waals surface area contributed by atoms with Gasteiger partial charge in [0.1, 0.15) is 11.6 Å². The van der Waals surface area contributed by atoms with Gasteiger partial charge in [-0.05, 0) is 26.0 Å². The van der Waals surface area contributed by atoms with E-state index >= 15 is 0 Å².